The Morgan fingerprint density at radius 1 is 0.800 bits per heavy atom. The topological polar surface area (TPSA) is 47.6 Å². The molecule has 0 saturated carbocycles. The summed E-state index contributed by atoms with van der Waals surface area (Å²) in [6.45, 7) is 17.8. The van der Waals surface area contributed by atoms with Crippen molar-refractivity contribution >= 4 is 5.91 Å². The average Bonchev–Trinajstić information content (AvgIpc) is 2.86. The molecule has 2 aromatic rings. The van der Waals surface area contributed by atoms with E-state index < -0.39 is 0 Å². The molecule has 0 atom stereocenters. The zero-order chi connectivity index (χ0) is 25.9. The van der Waals surface area contributed by atoms with Crippen LogP contribution in [0, 0.1) is 0 Å². The van der Waals surface area contributed by atoms with Gasteiger partial charge < -0.3 is 14.8 Å². The molecule has 4 heteroatoms. The second-order valence-electron chi connectivity index (χ2n) is 10.7. The molecule has 4 nitrogen and oxygen atoms in total. The van der Waals surface area contributed by atoms with E-state index in [1.807, 2.05) is 24.3 Å². The molecule has 0 bridgehead atoms. The third-order valence-corrected chi connectivity index (χ3v) is 7.26. The molecule has 194 valence electrons. The summed E-state index contributed by atoms with van der Waals surface area (Å²) in [5, 5.41) is 3.01. The Morgan fingerprint density at radius 2 is 1.46 bits per heavy atom. The van der Waals surface area contributed by atoms with Gasteiger partial charge in [-0.25, -0.2) is 0 Å². The lowest BCUT2D eigenvalue weighted by molar-refractivity contribution is 0.0952. The van der Waals surface area contributed by atoms with E-state index in [0.717, 1.165) is 50.0 Å². The highest BCUT2D eigenvalue weighted by molar-refractivity contribution is 5.94. The third kappa shape index (κ3) is 8.59. The Labute approximate surface area is 213 Å². The smallest absolute Gasteiger partial charge is 0.251 e. The Bertz CT molecular complexity index is 915. The van der Waals surface area contributed by atoms with Gasteiger partial charge in [0.2, 0.25) is 0 Å². The monoisotopic (exact) mass is 481 g/mol. The van der Waals surface area contributed by atoms with Crippen molar-refractivity contribution in [3.8, 4) is 11.5 Å². The van der Waals surface area contributed by atoms with E-state index in [2.05, 4.69) is 72.0 Å². The Hall–Kier alpha value is -2.49. The second kappa shape index (κ2) is 13.6. The minimum atomic E-state index is -0.0489. The predicted octanol–water partition coefficient (Wildman–Crippen LogP) is 7.83. The van der Waals surface area contributed by atoms with Crippen molar-refractivity contribution in [2.24, 2.45) is 0 Å². The number of carbonyl (C=O) groups is 1. The molecule has 2 rings (SSSR count). The number of hydrogen-bond acceptors (Lipinski definition) is 3. The van der Waals surface area contributed by atoms with Gasteiger partial charge in [0.15, 0.2) is 0 Å². The van der Waals surface area contributed by atoms with Crippen LogP contribution in [0.5, 0.6) is 11.5 Å². The van der Waals surface area contributed by atoms with E-state index in [1.165, 1.54) is 11.1 Å². The molecule has 0 aliphatic carbocycles. The molecule has 35 heavy (non-hydrogen) atoms. The summed E-state index contributed by atoms with van der Waals surface area (Å²) >= 11 is 0. The van der Waals surface area contributed by atoms with Gasteiger partial charge in [0.05, 0.1) is 13.2 Å². The minimum Gasteiger partial charge on any atom is -0.494 e. The molecule has 1 N–H and O–H groups in total. The van der Waals surface area contributed by atoms with Gasteiger partial charge in [0.25, 0.3) is 5.91 Å². The van der Waals surface area contributed by atoms with Gasteiger partial charge in [-0.05, 0) is 78.8 Å². The van der Waals surface area contributed by atoms with Crippen LogP contribution in [0.25, 0.3) is 0 Å². The maximum Gasteiger partial charge on any atom is 0.251 e. The Balaban J connectivity index is 1.83. The first-order chi connectivity index (χ1) is 16.6. The number of rotatable bonds is 15. The first-order valence-corrected chi connectivity index (χ1v) is 13.4. The van der Waals surface area contributed by atoms with E-state index in [1.54, 1.807) is 0 Å². The number of hydrogen-bond donors (Lipinski definition) is 1. The molecule has 0 saturated heterocycles. The number of amides is 1. The summed E-state index contributed by atoms with van der Waals surface area (Å²) in [6.07, 6.45) is 6.05. The quantitative estimate of drug-likeness (QED) is 0.264. The van der Waals surface area contributed by atoms with Crippen LogP contribution in [-0.4, -0.2) is 25.7 Å². The first-order valence-electron chi connectivity index (χ1n) is 13.4. The highest BCUT2D eigenvalue weighted by atomic mass is 16.5. The summed E-state index contributed by atoms with van der Waals surface area (Å²) in [5.41, 5.74) is 3.52. The maximum atomic E-state index is 12.4. The molecule has 0 spiro atoms. The van der Waals surface area contributed by atoms with Crippen LogP contribution in [0.3, 0.4) is 0 Å². The predicted molar refractivity (Wildman–Crippen MR) is 147 cm³/mol. The van der Waals surface area contributed by atoms with Gasteiger partial charge in [0.1, 0.15) is 11.5 Å². The van der Waals surface area contributed by atoms with E-state index >= 15 is 0 Å². The van der Waals surface area contributed by atoms with Gasteiger partial charge in [-0.3, -0.25) is 4.79 Å². The molecule has 0 heterocycles. The summed E-state index contributed by atoms with van der Waals surface area (Å²) < 4.78 is 11.9. The van der Waals surface area contributed by atoms with Crippen LogP contribution in [0.15, 0.2) is 42.5 Å². The van der Waals surface area contributed by atoms with Crippen molar-refractivity contribution in [2.75, 3.05) is 19.8 Å². The summed E-state index contributed by atoms with van der Waals surface area (Å²) in [7, 11) is 0. The fourth-order valence-corrected chi connectivity index (χ4v) is 3.75. The molecule has 1 amide bonds. The molecular weight excluding hydrogens is 434 g/mol. The van der Waals surface area contributed by atoms with Crippen LogP contribution in [0.4, 0.5) is 0 Å². The van der Waals surface area contributed by atoms with Crippen LogP contribution in [-0.2, 0) is 10.8 Å². The normalized spacial score (nSPS) is 11.9. The number of benzene rings is 2. The fourth-order valence-electron chi connectivity index (χ4n) is 3.75. The maximum absolute atomic E-state index is 12.4. The van der Waals surface area contributed by atoms with Gasteiger partial charge in [0, 0.05) is 17.7 Å². The van der Waals surface area contributed by atoms with Crippen molar-refractivity contribution in [2.45, 2.75) is 97.8 Å². The van der Waals surface area contributed by atoms with Gasteiger partial charge in [-0.1, -0.05) is 67.0 Å². The number of carbonyl (C=O) groups excluding carboxylic acids is 1. The minimum absolute atomic E-state index is 0.0489. The van der Waals surface area contributed by atoms with E-state index in [-0.39, 0.29) is 16.7 Å². The van der Waals surface area contributed by atoms with E-state index in [9.17, 15) is 4.79 Å². The first kappa shape index (κ1) is 28.7. The molecule has 0 fully saturated rings. The number of ether oxygens (including phenoxy) is 2. The summed E-state index contributed by atoms with van der Waals surface area (Å²) in [4.78, 5) is 12.4. The SMILES string of the molecule is CCCCOc1ccc(C(=O)NCCCCOc2ccc(C(C)(C)CC)cc2C(C)(C)CC)cc1. The van der Waals surface area contributed by atoms with Gasteiger partial charge >= 0.3 is 0 Å². The largest absolute Gasteiger partial charge is 0.494 e. The van der Waals surface area contributed by atoms with Crippen molar-refractivity contribution in [1.29, 1.82) is 0 Å². The van der Waals surface area contributed by atoms with Crippen LogP contribution >= 0.6 is 0 Å². The lowest BCUT2D eigenvalue weighted by atomic mass is 9.76. The number of unbranched alkanes of at least 4 members (excludes halogenated alkanes) is 2. The lowest BCUT2D eigenvalue weighted by Crippen LogP contribution is -2.24. The van der Waals surface area contributed by atoms with Crippen LogP contribution in [0.1, 0.15) is 108 Å². The zero-order valence-electron chi connectivity index (χ0n) is 23.1. The van der Waals surface area contributed by atoms with Crippen molar-refractivity contribution in [3.05, 3.63) is 59.2 Å². The van der Waals surface area contributed by atoms with Crippen molar-refractivity contribution in [3.63, 3.8) is 0 Å². The molecular formula is C31H47NO3. The Morgan fingerprint density at radius 3 is 2.09 bits per heavy atom. The fraction of sp³-hybridized carbons (Fsp3) is 0.581. The molecule has 0 aliphatic heterocycles. The number of nitrogens with one attached hydrogen (secondary N) is 1. The molecule has 0 aliphatic rings. The van der Waals surface area contributed by atoms with Gasteiger partial charge in [-0.2, -0.15) is 0 Å². The van der Waals surface area contributed by atoms with Gasteiger partial charge in [-0.15, -0.1) is 0 Å². The standard InChI is InChI=1S/C31H47NO3/c1-8-11-21-34-26-17-14-24(15-18-26)29(33)32-20-12-13-22-35-28-19-16-25(30(4,5)9-2)23-27(28)31(6,7)10-3/h14-19,23H,8-13,20-22H2,1-7H3,(H,32,33). The second-order valence-corrected chi connectivity index (χ2v) is 10.7. The molecule has 0 aromatic heterocycles. The highest BCUT2D eigenvalue weighted by Gasteiger charge is 2.26. The summed E-state index contributed by atoms with van der Waals surface area (Å²) in [6, 6.07) is 14.1. The summed E-state index contributed by atoms with van der Waals surface area (Å²) in [5.74, 6) is 1.74. The Kier molecular flexibility index (Phi) is 11.1. The molecule has 2 aromatic carbocycles. The third-order valence-electron chi connectivity index (χ3n) is 7.26. The highest BCUT2D eigenvalue weighted by Crippen LogP contribution is 2.38. The molecule has 0 unspecified atom stereocenters. The van der Waals surface area contributed by atoms with E-state index in [4.69, 9.17) is 9.47 Å². The van der Waals surface area contributed by atoms with Crippen LogP contribution < -0.4 is 14.8 Å². The zero-order valence-corrected chi connectivity index (χ0v) is 23.1. The van der Waals surface area contributed by atoms with Crippen molar-refractivity contribution < 1.29 is 14.3 Å². The van der Waals surface area contributed by atoms with E-state index in [0.29, 0.717) is 25.3 Å². The molecule has 0 radical (unpaired) electrons. The van der Waals surface area contributed by atoms with Crippen molar-refractivity contribution in [1.82, 2.24) is 5.32 Å². The lowest BCUT2D eigenvalue weighted by Gasteiger charge is -2.30. The average molecular weight is 482 g/mol. The van der Waals surface area contributed by atoms with Crippen LogP contribution in [0.2, 0.25) is 0 Å².